The van der Waals surface area contributed by atoms with Crippen molar-refractivity contribution in [2.24, 2.45) is 5.84 Å². The lowest BCUT2D eigenvalue weighted by molar-refractivity contribution is 0.0988. The van der Waals surface area contributed by atoms with Gasteiger partial charge in [0.05, 0.1) is 17.6 Å². The number of nitrogen functional groups attached to an aromatic ring is 1. The number of carbonyl (C=O) groups is 1. The summed E-state index contributed by atoms with van der Waals surface area (Å²) >= 11 is 0. The van der Waals surface area contributed by atoms with Crippen molar-refractivity contribution in [3.63, 3.8) is 0 Å². The Kier molecular flexibility index (Phi) is 3.49. The fraction of sp³-hybridized carbons (Fsp3) is 0.0833. The Morgan fingerprint density at radius 2 is 2.22 bits per heavy atom. The molecule has 0 radical (unpaired) electrons. The van der Waals surface area contributed by atoms with E-state index in [9.17, 15) is 4.79 Å². The zero-order valence-electron chi connectivity index (χ0n) is 9.87. The standard InChI is InChI=1S/C12H13N5O/c1-17(10-3-2-5-14-8-10)12(18)11-7-9(16-13)4-6-15-11/h2-8H,13H2,1H3,(H,15,16). The normalized spacial score (nSPS) is 9.89. The van der Waals surface area contributed by atoms with E-state index in [1.54, 1.807) is 43.7 Å². The predicted octanol–water partition coefficient (Wildman–Crippen LogP) is 1.04. The number of hydrazine groups is 1. The van der Waals surface area contributed by atoms with Crippen LogP contribution in [0.4, 0.5) is 11.4 Å². The second-order valence-electron chi connectivity index (χ2n) is 3.65. The van der Waals surface area contributed by atoms with E-state index in [0.717, 1.165) is 0 Å². The molecule has 2 rings (SSSR count). The van der Waals surface area contributed by atoms with Gasteiger partial charge in [-0.05, 0) is 24.3 Å². The molecule has 0 aliphatic rings. The van der Waals surface area contributed by atoms with E-state index < -0.39 is 0 Å². The molecule has 3 N–H and O–H groups in total. The van der Waals surface area contributed by atoms with E-state index in [2.05, 4.69) is 15.4 Å². The molecule has 0 bridgehead atoms. The minimum absolute atomic E-state index is 0.222. The molecule has 0 aliphatic carbocycles. The first-order valence-electron chi connectivity index (χ1n) is 5.33. The SMILES string of the molecule is CN(C(=O)c1cc(NN)ccn1)c1cccnc1. The van der Waals surface area contributed by atoms with E-state index in [0.29, 0.717) is 17.1 Å². The number of hydrogen-bond donors (Lipinski definition) is 2. The van der Waals surface area contributed by atoms with Crippen LogP contribution in [-0.2, 0) is 0 Å². The van der Waals surface area contributed by atoms with Crippen LogP contribution in [0, 0.1) is 0 Å². The summed E-state index contributed by atoms with van der Waals surface area (Å²) in [6.07, 6.45) is 4.79. The molecule has 0 saturated carbocycles. The summed E-state index contributed by atoms with van der Waals surface area (Å²) < 4.78 is 0. The van der Waals surface area contributed by atoms with Gasteiger partial charge in [-0.15, -0.1) is 0 Å². The molecule has 2 aromatic rings. The highest BCUT2D eigenvalue weighted by Crippen LogP contribution is 2.14. The Morgan fingerprint density at radius 3 is 2.89 bits per heavy atom. The molecular formula is C12H13N5O. The van der Waals surface area contributed by atoms with Gasteiger partial charge in [0.15, 0.2) is 0 Å². The number of carbonyl (C=O) groups excluding carboxylic acids is 1. The van der Waals surface area contributed by atoms with Gasteiger partial charge in [0.1, 0.15) is 5.69 Å². The molecule has 6 heteroatoms. The van der Waals surface area contributed by atoms with Crippen molar-refractivity contribution in [2.45, 2.75) is 0 Å². The van der Waals surface area contributed by atoms with E-state index in [-0.39, 0.29) is 5.91 Å². The largest absolute Gasteiger partial charge is 0.324 e. The lowest BCUT2D eigenvalue weighted by Gasteiger charge is -2.16. The number of nitrogens with zero attached hydrogens (tertiary/aromatic N) is 3. The first-order valence-corrected chi connectivity index (χ1v) is 5.33. The molecule has 1 amide bonds. The van der Waals surface area contributed by atoms with Crippen LogP contribution < -0.4 is 16.2 Å². The van der Waals surface area contributed by atoms with Gasteiger partial charge in [-0.25, -0.2) is 0 Å². The maximum absolute atomic E-state index is 12.2. The van der Waals surface area contributed by atoms with Crippen molar-refractivity contribution >= 4 is 17.3 Å². The fourth-order valence-corrected chi connectivity index (χ4v) is 1.48. The summed E-state index contributed by atoms with van der Waals surface area (Å²) in [5.41, 5.74) is 4.13. The third-order valence-electron chi connectivity index (χ3n) is 2.48. The third kappa shape index (κ3) is 2.44. The van der Waals surface area contributed by atoms with Crippen molar-refractivity contribution in [1.82, 2.24) is 9.97 Å². The number of nitrogens with one attached hydrogen (secondary N) is 1. The molecule has 18 heavy (non-hydrogen) atoms. The molecule has 92 valence electrons. The lowest BCUT2D eigenvalue weighted by atomic mass is 10.2. The van der Waals surface area contributed by atoms with Crippen LogP contribution in [0.15, 0.2) is 42.9 Å². The van der Waals surface area contributed by atoms with Crippen molar-refractivity contribution in [2.75, 3.05) is 17.4 Å². The molecule has 0 spiro atoms. The van der Waals surface area contributed by atoms with Crippen molar-refractivity contribution in [1.29, 1.82) is 0 Å². The Hall–Kier alpha value is -2.47. The van der Waals surface area contributed by atoms with Crippen LogP contribution >= 0.6 is 0 Å². The molecule has 0 aromatic carbocycles. The summed E-state index contributed by atoms with van der Waals surface area (Å²) in [4.78, 5) is 21.7. The third-order valence-corrected chi connectivity index (χ3v) is 2.48. The van der Waals surface area contributed by atoms with Crippen molar-refractivity contribution < 1.29 is 4.79 Å². The molecule has 2 heterocycles. The molecule has 0 atom stereocenters. The van der Waals surface area contributed by atoms with Gasteiger partial charge in [0.25, 0.3) is 5.91 Å². The summed E-state index contributed by atoms with van der Waals surface area (Å²) in [6, 6.07) is 6.84. The number of hydrogen-bond acceptors (Lipinski definition) is 5. The Morgan fingerprint density at radius 1 is 1.39 bits per heavy atom. The maximum Gasteiger partial charge on any atom is 0.276 e. The number of amides is 1. The van der Waals surface area contributed by atoms with E-state index in [4.69, 9.17) is 5.84 Å². The minimum atomic E-state index is -0.222. The average molecular weight is 243 g/mol. The van der Waals surface area contributed by atoms with Gasteiger partial charge in [-0.3, -0.25) is 20.6 Å². The fourth-order valence-electron chi connectivity index (χ4n) is 1.48. The smallest absolute Gasteiger partial charge is 0.276 e. The van der Waals surface area contributed by atoms with Crippen molar-refractivity contribution in [3.05, 3.63) is 48.5 Å². The first-order chi connectivity index (χ1) is 8.72. The molecular weight excluding hydrogens is 230 g/mol. The van der Waals surface area contributed by atoms with Crippen molar-refractivity contribution in [3.8, 4) is 0 Å². The van der Waals surface area contributed by atoms with E-state index in [1.807, 2.05) is 0 Å². The molecule has 0 saturated heterocycles. The Balaban J connectivity index is 2.25. The lowest BCUT2D eigenvalue weighted by Crippen LogP contribution is -2.27. The summed E-state index contributed by atoms with van der Waals surface area (Å²) in [5, 5.41) is 0. The topological polar surface area (TPSA) is 84.1 Å². The second-order valence-corrected chi connectivity index (χ2v) is 3.65. The molecule has 0 aliphatic heterocycles. The van der Waals surface area contributed by atoms with Gasteiger partial charge in [-0.2, -0.15) is 0 Å². The van der Waals surface area contributed by atoms with Gasteiger partial charge < -0.3 is 10.3 Å². The average Bonchev–Trinajstić information content (AvgIpc) is 2.46. The number of anilines is 2. The maximum atomic E-state index is 12.2. The summed E-state index contributed by atoms with van der Waals surface area (Å²) in [5.74, 6) is 5.07. The summed E-state index contributed by atoms with van der Waals surface area (Å²) in [7, 11) is 1.67. The molecule has 0 fully saturated rings. The highest BCUT2D eigenvalue weighted by Gasteiger charge is 2.15. The van der Waals surface area contributed by atoms with Crippen LogP contribution in [0.3, 0.4) is 0 Å². The van der Waals surface area contributed by atoms with Gasteiger partial charge in [0.2, 0.25) is 0 Å². The van der Waals surface area contributed by atoms with Gasteiger partial charge >= 0.3 is 0 Å². The Labute approximate surface area is 104 Å². The van der Waals surface area contributed by atoms with Crippen LogP contribution in [0.5, 0.6) is 0 Å². The van der Waals surface area contributed by atoms with Crippen LogP contribution in [0.2, 0.25) is 0 Å². The Bertz CT molecular complexity index is 543. The number of nitrogens with two attached hydrogens (primary N) is 1. The summed E-state index contributed by atoms with van der Waals surface area (Å²) in [6.45, 7) is 0. The van der Waals surface area contributed by atoms with Gasteiger partial charge in [0, 0.05) is 19.4 Å². The van der Waals surface area contributed by atoms with Crippen LogP contribution in [0.25, 0.3) is 0 Å². The molecule has 6 nitrogen and oxygen atoms in total. The number of pyridine rings is 2. The monoisotopic (exact) mass is 243 g/mol. The second kappa shape index (κ2) is 5.24. The van der Waals surface area contributed by atoms with Crippen LogP contribution in [0.1, 0.15) is 10.5 Å². The molecule has 0 unspecified atom stereocenters. The zero-order chi connectivity index (χ0) is 13.0. The number of rotatable bonds is 3. The minimum Gasteiger partial charge on any atom is -0.324 e. The van der Waals surface area contributed by atoms with Crippen LogP contribution in [-0.4, -0.2) is 22.9 Å². The molecule has 2 aromatic heterocycles. The number of aromatic nitrogens is 2. The van der Waals surface area contributed by atoms with E-state index >= 15 is 0 Å². The van der Waals surface area contributed by atoms with Gasteiger partial charge in [-0.1, -0.05) is 0 Å². The highest BCUT2D eigenvalue weighted by atomic mass is 16.2. The first kappa shape index (κ1) is 12.0. The highest BCUT2D eigenvalue weighted by molar-refractivity contribution is 6.04. The van der Waals surface area contributed by atoms with E-state index in [1.165, 1.54) is 11.1 Å². The zero-order valence-corrected chi connectivity index (χ0v) is 9.87. The quantitative estimate of drug-likeness (QED) is 0.621. The predicted molar refractivity (Wildman–Crippen MR) is 69.0 cm³/mol.